The van der Waals surface area contributed by atoms with Crippen LogP contribution in [0.25, 0.3) is 0 Å². The van der Waals surface area contributed by atoms with Crippen LogP contribution in [0.4, 0.5) is 4.39 Å². The van der Waals surface area contributed by atoms with Gasteiger partial charge in [0.15, 0.2) is 0 Å². The van der Waals surface area contributed by atoms with Gasteiger partial charge in [-0.2, -0.15) is 0 Å². The van der Waals surface area contributed by atoms with E-state index in [0.29, 0.717) is 10.6 Å². The maximum atomic E-state index is 14.3. The zero-order chi connectivity index (χ0) is 14.9. The molecule has 2 aromatic rings. The molecule has 0 radical (unpaired) electrons. The van der Waals surface area contributed by atoms with Gasteiger partial charge >= 0.3 is 0 Å². The molecular formula is C16H18ClFN2. The third-order valence-electron chi connectivity index (χ3n) is 3.45. The monoisotopic (exact) mass is 292 g/mol. The Balaban J connectivity index is 2.55. The Morgan fingerprint density at radius 1 is 1.10 bits per heavy atom. The third-order valence-corrected chi connectivity index (χ3v) is 3.88. The minimum atomic E-state index is -0.397. The number of halogens is 2. The van der Waals surface area contributed by atoms with Gasteiger partial charge in [-0.15, -0.1) is 0 Å². The predicted molar refractivity (Wildman–Crippen MR) is 81.2 cm³/mol. The van der Waals surface area contributed by atoms with Crippen molar-refractivity contribution in [3.8, 4) is 0 Å². The Morgan fingerprint density at radius 2 is 1.80 bits per heavy atom. The van der Waals surface area contributed by atoms with E-state index in [1.807, 2.05) is 39.0 Å². The summed E-state index contributed by atoms with van der Waals surface area (Å²) in [5.41, 5.74) is 6.87. The SMILES string of the molecule is Cc1cc(C)c(C(NN)c2ccc(Cl)c(C)c2)c(F)c1. The number of benzene rings is 2. The normalized spacial score (nSPS) is 12.5. The molecule has 20 heavy (non-hydrogen) atoms. The second-order valence-electron chi connectivity index (χ2n) is 5.09. The maximum absolute atomic E-state index is 14.3. The number of hydrogen-bond donors (Lipinski definition) is 2. The third kappa shape index (κ3) is 2.85. The molecule has 2 rings (SSSR count). The molecule has 1 atom stereocenters. The molecule has 106 valence electrons. The molecule has 0 bridgehead atoms. The molecule has 0 saturated heterocycles. The molecular weight excluding hydrogens is 275 g/mol. The average Bonchev–Trinajstić information content (AvgIpc) is 2.37. The highest BCUT2D eigenvalue weighted by Gasteiger charge is 2.19. The summed E-state index contributed by atoms with van der Waals surface area (Å²) in [6, 6.07) is 8.66. The van der Waals surface area contributed by atoms with Gasteiger partial charge in [-0.25, -0.2) is 9.82 Å². The van der Waals surface area contributed by atoms with Crippen molar-refractivity contribution in [2.24, 2.45) is 5.84 Å². The van der Waals surface area contributed by atoms with Gasteiger partial charge in [0, 0.05) is 10.6 Å². The molecule has 3 N–H and O–H groups in total. The summed E-state index contributed by atoms with van der Waals surface area (Å²) in [6.45, 7) is 5.67. The van der Waals surface area contributed by atoms with Crippen LogP contribution in [0.3, 0.4) is 0 Å². The molecule has 0 spiro atoms. The van der Waals surface area contributed by atoms with E-state index < -0.39 is 6.04 Å². The first-order valence-corrected chi connectivity index (χ1v) is 6.80. The Hall–Kier alpha value is -1.42. The molecule has 0 fully saturated rings. The zero-order valence-electron chi connectivity index (χ0n) is 11.8. The van der Waals surface area contributed by atoms with Crippen LogP contribution >= 0.6 is 11.6 Å². The minimum Gasteiger partial charge on any atom is -0.271 e. The summed E-state index contributed by atoms with van der Waals surface area (Å²) in [5, 5.41) is 0.686. The van der Waals surface area contributed by atoms with E-state index in [0.717, 1.165) is 22.3 Å². The Labute approximate surface area is 123 Å². The largest absolute Gasteiger partial charge is 0.271 e. The van der Waals surface area contributed by atoms with Crippen LogP contribution in [0.1, 0.15) is 33.9 Å². The van der Waals surface area contributed by atoms with E-state index >= 15 is 0 Å². The van der Waals surface area contributed by atoms with Crippen molar-refractivity contribution in [1.82, 2.24) is 5.43 Å². The van der Waals surface area contributed by atoms with Gasteiger partial charge in [-0.3, -0.25) is 5.84 Å². The lowest BCUT2D eigenvalue weighted by atomic mass is 9.93. The minimum absolute atomic E-state index is 0.252. The van der Waals surface area contributed by atoms with Gasteiger partial charge in [0.1, 0.15) is 5.82 Å². The molecule has 0 aromatic heterocycles. The molecule has 4 heteroatoms. The van der Waals surface area contributed by atoms with Gasteiger partial charge in [0.05, 0.1) is 6.04 Å². The van der Waals surface area contributed by atoms with Gasteiger partial charge in [0.2, 0.25) is 0 Å². The average molecular weight is 293 g/mol. The molecule has 0 heterocycles. The highest BCUT2D eigenvalue weighted by atomic mass is 35.5. The summed E-state index contributed by atoms with van der Waals surface area (Å²) in [7, 11) is 0. The van der Waals surface area contributed by atoms with Crippen LogP contribution in [0.5, 0.6) is 0 Å². The van der Waals surface area contributed by atoms with Crippen LogP contribution in [0.15, 0.2) is 30.3 Å². The fourth-order valence-corrected chi connectivity index (χ4v) is 2.60. The van der Waals surface area contributed by atoms with Crippen molar-refractivity contribution in [2.75, 3.05) is 0 Å². The van der Waals surface area contributed by atoms with Crippen LogP contribution in [0, 0.1) is 26.6 Å². The summed E-state index contributed by atoms with van der Waals surface area (Å²) in [4.78, 5) is 0. The number of aryl methyl sites for hydroxylation is 3. The molecule has 2 nitrogen and oxygen atoms in total. The van der Waals surface area contributed by atoms with Crippen LogP contribution in [-0.2, 0) is 0 Å². The van der Waals surface area contributed by atoms with Crippen molar-refractivity contribution >= 4 is 11.6 Å². The van der Waals surface area contributed by atoms with E-state index in [4.69, 9.17) is 17.4 Å². The standard InChI is InChI=1S/C16H18ClFN2/c1-9-6-11(3)15(14(18)7-9)16(20-19)12-4-5-13(17)10(2)8-12/h4-8,16,20H,19H2,1-3H3. The van der Waals surface area contributed by atoms with Crippen molar-refractivity contribution in [3.63, 3.8) is 0 Å². The van der Waals surface area contributed by atoms with Crippen LogP contribution in [0.2, 0.25) is 5.02 Å². The second kappa shape index (κ2) is 5.92. The summed E-state index contributed by atoms with van der Waals surface area (Å²) < 4.78 is 14.3. The smallest absolute Gasteiger partial charge is 0.128 e. The first-order chi connectivity index (χ1) is 9.43. The molecule has 0 aliphatic carbocycles. The number of hydrogen-bond acceptors (Lipinski definition) is 2. The zero-order valence-corrected chi connectivity index (χ0v) is 12.6. The Kier molecular flexibility index (Phi) is 4.43. The van der Waals surface area contributed by atoms with Crippen LogP contribution in [-0.4, -0.2) is 0 Å². The molecule has 0 amide bonds. The molecule has 0 saturated carbocycles. The lowest BCUT2D eigenvalue weighted by Gasteiger charge is -2.21. The van der Waals surface area contributed by atoms with E-state index in [1.54, 1.807) is 6.07 Å². The summed E-state index contributed by atoms with van der Waals surface area (Å²) in [6.07, 6.45) is 0. The highest BCUT2D eigenvalue weighted by Crippen LogP contribution is 2.29. The van der Waals surface area contributed by atoms with Gasteiger partial charge in [0.25, 0.3) is 0 Å². The van der Waals surface area contributed by atoms with Crippen LogP contribution < -0.4 is 11.3 Å². The molecule has 0 aliphatic rings. The lowest BCUT2D eigenvalue weighted by molar-refractivity contribution is 0.556. The van der Waals surface area contributed by atoms with Crippen molar-refractivity contribution in [1.29, 1.82) is 0 Å². The summed E-state index contributed by atoms with van der Waals surface area (Å²) >= 11 is 6.03. The highest BCUT2D eigenvalue weighted by molar-refractivity contribution is 6.31. The quantitative estimate of drug-likeness (QED) is 0.664. The summed E-state index contributed by atoms with van der Waals surface area (Å²) in [5.74, 6) is 5.40. The molecule has 1 unspecified atom stereocenters. The molecule has 0 aliphatic heterocycles. The van der Waals surface area contributed by atoms with Crippen molar-refractivity contribution in [2.45, 2.75) is 26.8 Å². The van der Waals surface area contributed by atoms with E-state index in [-0.39, 0.29) is 5.82 Å². The lowest BCUT2D eigenvalue weighted by Crippen LogP contribution is -2.30. The Bertz CT molecular complexity index is 617. The number of hydrazine groups is 1. The molecule has 2 aromatic carbocycles. The van der Waals surface area contributed by atoms with Crippen molar-refractivity contribution in [3.05, 3.63) is 69.0 Å². The van der Waals surface area contributed by atoms with E-state index in [2.05, 4.69) is 5.43 Å². The van der Waals surface area contributed by atoms with Gasteiger partial charge in [-0.1, -0.05) is 29.8 Å². The second-order valence-corrected chi connectivity index (χ2v) is 5.49. The maximum Gasteiger partial charge on any atom is 0.128 e. The van der Waals surface area contributed by atoms with E-state index in [9.17, 15) is 4.39 Å². The fourth-order valence-electron chi connectivity index (χ4n) is 2.49. The topological polar surface area (TPSA) is 38.0 Å². The van der Waals surface area contributed by atoms with Crippen molar-refractivity contribution < 1.29 is 4.39 Å². The first kappa shape index (κ1) is 15.0. The number of nitrogens with two attached hydrogens (primary N) is 1. The first-order valence-electron chi connectivity index (χ1n) is 6.43. The van der Waals surface area contributed by atoms with Gasteiger partial charge in [-0.05, 0) is 55.2 Å². The van der Waals surface area contributed by atoms with Gasteiger partial charge < -0.3 is 0 Å². The predicted octanol–water partition coefficient (Wildman–Crippen LogP) is 3.96. The number of nitrogens with one attached hydrogen (secondary N) is 1. The fraction of sp³-hybridized carbons (Fsp3) is 0.250. The van der Waals surface area contributed by atoms with E-state index in [1.165, 1.54) is 6.07 Å². The number of rotatable bonds is 3. The Morgan fingerprint density at radius 3 is 2.35 bits per heavy atom.